The smallest absolute Gasteiger partial charge is 0.408 e. The molecule has 1 amide bonds. The predicted molar refractivity (Wildman–Crippen MR) is 80.9 cm³/mol. The van der Waals surface area contributed by atoms with Crippen LogP contribution < -0.4 is 5.32 Å². The van der Waals surface area contributed by atoms with Gasteiger partial charge in [0, 0.05) is 6.54 Å². The van der Waals surface area contributed by atoms with Crippen LogP contribution >= 0.6 is 0 Å². The molecular weight excluding hydrogens is 270 g/mol. The van der Waals surface area contributed by atoms with E-state index < -0.39 is 17.7 Å². The van der Waals surface area contributed by atoms with Crippen molar-refractivity contribution in [2.75, 3.05) is 6.61 Å². The zero-order valence-electron chi connectivity index (χ0n) is 13.8. The lowest BCUT2D eigenvalue weighted by atomic mass is 9.96. The number of nitrogens with zero attached hydrogens (tertiary/aromatic N) is 2. The van der Waals surface area contributed by atoms with Crippen molar-refractivity contribution >= 4 is 6.09 Å². The first-order valence-electron chi connectivity index (χ1n) is 7.12. The number of ether oxygens (including phenoxy) is 1. The van der Waals surface area contributed by atoms with E-state index in [4.69, 9.17) is 4.74 Å². The van der Waals surface area contributed by atoms with Gasteiger partial charge in [-0.1, -0.05) is 20.8 Å². The number of imidazole rings is 1. The number of aromatic nitrogens is 2. The molecule has 0 saturated carbocycles. The summed E-state index contributed by atoms with van der Waals surface area (Å²) in [5.74, 6) is 0. The minimum Gasteiger partial charge on any atom is -0.444 e. The van der Waals surface area contributed by atoms with E-state index in [1.165, 1.54) is 0 Å². The Morgan fingerprint density at radius 3 is 2.48 bits per heavy atom. The van der Waals surface area contributed by atoms with Crippen LogP contribution in [0.5, 0.6) is 0 Å². The summed E-state index contributed by atoms with van der Waals surface area (Å²) < 4.78 is 7.16. The van der Waals surface area contributed by atoms with Crippen LogP contribution in [0.2, 0.25) is 0 Å². The Kier molecular flexibility index (Phi) is 5.39. The van der Waals surface area contributed by atoms with Gasteiger partial charge in [-0.15, -0.1) is 0 Å². The van der Waals surface area contributed by atoms with Gasteiger partial charge in [-0.3, -0.25) is 0 Å². The standard InChI is InChI=1S/C15H27N3O3/c1-14(2,3)9-18-10-16-7-12(18)11(8-19)17-13(20)21-15(4,5)6/h7,10-11,19H,8-9H2,1-6H3,(H,17,20). The number of carbonyl (C=O) groups excluding carboxylic acids is 1. The number of rotatable bonds is 4. The second-order valence-electron chi connectivity index (χ2n) is 7.39. The fourth-order valence-electron chi connectivity index (χ4n) is 1.93. The summed E-state index contributed by atoms with van der Waals surface area (Å²) in [4.78, 5) is 16.0. The van der Waals surface area contributed by atoms with Crippen LogP contribution in [0.25, 0.3) is 0 Å². The monoisotopic (exact) mass is 297 g/mol. The predicted octanol–water partition coefficient (Wildman–Crippen LogP) is 2.49. The molecule has 0 bridgehead atoms. The molecule has 0 spiro atoms. The molecule has 1 atom stereocenters. The molecule has 1 aromatic rings. The lowest BCUT2D eigenvalue weighted by Gasteiger charge is -2.25. The summed E-state index contributed by atoms with van der Waals surface area (Å²) >= 11 is 0. The van der Waals surface area contributed by atoms with Crippen LogP contribution in [0.15, 0.2) is 12.5 Å². The van der Waals surface area contributed by atoms with E-state index in [9.17, 15) is 9.90 Å². The first-order chi connectivity index (χ1) is 9.52. The van der Waals surface area contributed by atoms with Gasteiger partial charge in [0.05, 0.1) is 30.9 Å². The Balaban J connectivity index is 2.82. The number of carbonyl (C=O) groups is 1. The maximum absolute atomic E-state index is 11.8. The van der Waals surface area contributed by atoms with Gasteiger partial charge in [-0.05, 0) is 26.2 Å². The Morgan fingerprint density at radius 2 is 2.00 bits per heavy atom. The van der Waals surface area contributed by atoms with E-state index in [-0.39, 0.29) is 12.0 Å². The second kappa shape index (κ2) is 6.47. The summed E-state index contributed by atoms with van der Waals surface area (Å²) in [6.45, 7) is 12.3. The van der Waals surface area contributed by atoms with E-state index in [0.29, 0.717) is 0 Å². The van der Waals surface area contributed by atoms with Crippen molar-refractivity contribution in [3.8, 4) is 0 Å². The molecule has 1 aromatic heterocycles. The minimum absolute atomic E-state index is 0.0708. The average molecular weight is 297 g/mol. The molecule has 0 aliphatic heterocycles. The lowest BCUT2D eigenvalue weighted by Crippen LogP contribution is -2.37. The van der Waals surface area contributed by atoms with Crippen LogP contribution in [0.4, 0.5) is 4.79 Å². The van der Waals surface area contributed by atoms with Crippen LogP contribution in [0.3, 0.4) is 0 Å². The van der Waals surface area contributed by atoms with Crippen molar-refractivity contribution in [2.24, 2.45) is 5.41 Å². The highest BCUT2D eigenvalue weighted by Crippen LogP contribution is 2.21. The molecule has 0 radical (unpaired) electrons. The number of aliphatic hydroxyl groups is 1. The molecule has 6 nitrogen and oxygen atoms in total. The van der Waals surface area contributed by atoms with E-state index >= 15 is 0 Å². The van der Waals surface area contributed by atoms with Gasteiger partial charge in [0.1, 0.15) is 5.60 Å². The molecule has 0 aliphatic carbocycles. The van der Waals surface area contributed by atoms with Gasteiger partial charge < -0.3 is 19.7 Å². The Morgan fingerprint density at radius 1 is 1.38 bits per heavy atom. The van der Waals surface area contributed by atoms with Crippen molar-refractivity contribution in [2.45, 2.75) is 59.7 Å². The maximum atomic E-state index is 11.8. The fraction of sp³-hybridized carbons (Fsp3) is 0.733. The quantitative estimate of drug-likeness (QED) is 0.895. The number of aliphatic hydroxyl groups excluding tert-OH is 1. The van der Waals surface area contributed by atoms with Crippen LogP contribution in [0, 0.1) is 5.41 Å². The first-order valence-corrected chi connectivity index (χ1v) is 7.12. The van der Waals surface area contributed by atoms with Gasteiger partial charge in [0.2, 0.25) is 0 Å². The zero-order chi connectivity index (χ0) is 16.3. The van der Waals surface area contributed by atoms with E-state index in [0.717, 1.165) is 12.2 Å². The molecular formula is C15H27N3O3. The molecule has 1 heterocycles. The molecule has 1 rings (SSSR count). The summed E-state index contributed by atoms with van der Waals surface area (Å²) in [7, 11) is 0. The lowest BCUT2D eigenvalue weighted by molar-refractivity contribution is 0.0478. The van der Waals surface area contributed by atoms with Crippen LogP contribution in [-0.4, -0.2) is 33.0 Å². The SMILES string of the molecule is CC(C)(C)Cn1cncc1C(CO)NC(=O)OC(C)(C)C. The van der Waals surface area contributed by atoms with Gasteiger partial charge in [-0.25, -0.2) is 9.78 Å². The first kappa shape index (κ1) is 17.5. The number of alkyl carbamates (subject to hydrolysis) is 1. The number of hydrogen-bond donors (Lipinski definition) is 2. The zero-order valence-corrected chi connectivity index (χ0v) is 13.8. The molecule has 0 aliphatic rings. The Hall–Kier alpha value is -1.56. The molecule has 6 heteroatoms. The highest BCUT2D eigenvalue weighted by Gasteiger charge is 2.23. The molecule has 1 unspecified atom stereocenters. The van der Waals surface area contributed by atoms with Crippen molar-refractivity contribution in [1.29, 1.82) is 0 Å². The number of hydrogen-bond acceptors (Lipinski definition) is 4. The van der Waals surface area contributed by atoms with Gasteiger partial charge >= 0.3 is 6.09 Å². The van der Waals surface area contributed by atoms with Crippen molar-refractivity contribution in [1.82, 2.24) is 14.9 Å². The second-order valence-corrected chi connectivity index (χ2v) is 7.39. The molecule has 0 fully saturated rings. The van der Waals surface area contributed by atoms with Crippen LogP contribution in [0.1, 0.15) is 53.3 Å². The number of amides is 1. The highest BCUT2D eigenvalue weighted by atomic mass is 16.6. The van der Waals surface area contributed by atoms with E-state index in [1.54, 1.807) is 33.3 Å². The topological polar surface area (TPSA) is 76.4 Å². The van der Waals surface area contributed by atoms with E-state index in [1.807, 2.05) is 4.57 Å². The van der Waals surface area contributed by atoms with Crippen LogP contribution in [-0.2, 0) is 11.3 Å². The third-order valence-electron chi connectivity index (χ3n) is 2.62. The summed E-state index contributed by atoms with van der Waals surface area (Å²) in [6, 6.07) is -0.537. The fourth-order valence-corrected chi connectivity index (χ4v) is 1.93. The molecule has 2 N–H and O–H groups in total. The number of nitrogens with one attached hydrogen (secondary N) is 1. The summed E-state index contributed by atoms with van der Waals surface area (Å²) in [5.41, 5.74) is 0.259. The third kappa shape index (κ3) is 6.16. The van der Waals surface area contributed by atoms with Crippen molar-refractivity contribution < 1.29 is 14.6 Å². The molecule has 120 valence electrons. The normalized spacial score (nSPS) is 13.9. The molecule has 0 aromatic carbocycles. The van der Waals surface area contributed by atoms with Crippen molar-refractivity contribution in [3.63, 3.8) is 0 Å². The van der Waals surface area contributed by atoms with Crippen molar-refractivity contribution in [3.05, 3.63) is 18.2 Å². The Labute approximate surface area is 126 Å². The third-order valence-corrected chi connectivity index (χ3v) is 2.62. The van der Waals surface area contributed by atoms with Gasteiger partial charge in [0.25, 0.3) is 0 Å². The maximum Gasteiger partial charge on any atom is 0.408 e. The summed E-state index contributed by atoms with van der Waals surface area (Å²) in [6.07, 6.45) is 2.81. The largest absolute Gasteiger partial charge is 0.444 e. The minimum atomic E-state index is -0.574. The Bertz CT molecular complexity index is 469. The van der Waals surface area contributed by atoms with Gasteiger partial charge in [0.15, 0.2) is 0 Å². The average Bonchev–Trinajstić information content (AvgIpc) is 2.68. The summed E-state index contributed by atoms with van der Waals surface area (Å²) in [5, 5.41) is 12.2. The highest BCUT2D eigenvalue weighted by molar-refractivity contribution is 5.68. The van der Waals surface area contributed by atoms with E-state index in [2.05, 4.69) is 31.1 Å². The van der Waals surface area contributed by atoms with Gasteiger partial charge in [-0.2, -0.15) is 0 Å². The molecule has 0 saturated heterocycles. The molecule has 21 heavy (non-hydrogen) atoms.